The number of hydrogen-bond donors (Lipinski definition) is 3. The van der Waals surface area contributed by atoms with E-state index >= 15 is 0 Å². The maximum absolute atomic E-state index is 12.3. The van der Waals surface area contributed by atoms with Crippen molar-refractivity contribution in [3.63, 3.8) is 0 Å². The van der Waals surface area contributed by atoms with Crippen LogP contribution in [0, 0.1) is 0 Å². The Morgan fingerprint density at radius 3 is 2.68 bits per heavy atom. The van der Waals surface area contributed by atoms with Gasteiger partial charge in [-0.15, -0.1) is 0 Å². The third-order valence-corrected chi connectivity index (χ3v) is 8.73. The van der Waals surface area contributed by atoms with Gasteiger partial charge in [-0.3, -0.25) is 0 Å². The quantitative estimate of drug-likeness (QED) is 0.289. The summed E-state index contributed by atoms with van der Waals surface area (Å²) in [5.41, 5.74) is 7.75. The average molecular weight is 479 g/mol. The molecule has 1 aromatic carbocycles. The van der Waals surface area contributed by atoms with Gasteiger partial charge >= 0.3 is 182 Å². The number of nitrogens with zero attached hydrogens (tertiary/aromatic N) is 2. The average Bonchev–Trinajstić information content (AvgIpc) is 3.04. The first kappa shape index (κ1) is 19.6. The normalized spacial score (nSPS) is 12.0. The van der Waals surface area contributed by atoms with Crippen LogP contribution in [0.3, 0.4) is 0 Å². The van der Waals surface area contributed by atoms with Crippen molar-refractivity contribution >= 4 is 56.3 Å². The van der Waals surface area contributed by atoms with E-state index < -0.39 is 5.91 Å². The second kappa shape index (κ2) is 8.33. The fourth-order valence-electron chi connectivity index (χ4n) is 2.78. The number of carbonyl (C=O) groups excluding carboxylic acids is 1. The molecule has 0 aliphatic heterocycles. The molecule has 2 aromatic heterocycles. The molecule has 3 rings (SSSR count). The van der Waals surface area contributed by atoms with Gasteiger partial charge in [0.2, 0.25) is 0 Å². The predicted molar refractivity (Wildman–Crippen MR) is 120 cm³/mol. The van der Waals surface area contributed by atoms with Crippen molar-refractivity contribution in [2.24, 2.45) is 5.73 Å². The number of amides is 1. The number of nitrogens with two attached hydrogens (primary N) is 1. The van der Waals surface area contributed by atoms with Crippen molar-refractivity contribution in [2.45, 2.75) is 36.0 Å². The SMILES string of the molecule is [2H]c1c(-c2c(C(C)(C)C)[se]c(C(N)=O)c2Nc2ccncn2)ccc(SC)c1S. The summed E-state index contributed by atoms with van der Waals surface area (Å²) < 4.78 is 10.4. The molecule has 0 aliphatic carbocycles. The third kappa shape index (κ3) is 4.30. The van der Waals surface area contributed by atoms with Gasteiger partial charge in [-0.05, 0) is 0 Å². The topological polar surface area (TPSA) is 80.9 Å². The standard InChI is InChI=1S/C20H22N4OS2Se/c1-20(2,3)18-15(11-5-6-13(27-4)12(26)9-11)16(17(28-18)19(21)25)24-14-7-8-22-10-23-14/h5-10,26H,1-4H3,(H2,21,25)(H,22,23,24)/i9D. The van der Waals surface area contributed by atoms with Gasteiger partial charge in [-0.2, -0.15) is 0 Å². The number of thiol groups is 1. The van der Waals surface area contributed by atoms with E-state index in [1.54, 1.807) is 24.0 Å². The fraction of sp³-hybridized carbons (Fsp3) is 0.250. The van der Waals surface area contributed by atoms with Crippen molar-refractivity contribution in [3.8, 4) is 11.1 Å². The monoisotopic (exact) mass is 479 g/mol. The molecule has 0 bridgehead atoms. The maximum atomic E-state index is 12.3. The molecule has 0 radical (unpaired) electrons. The van der Waals surface area contributed by atoms with Gasteiger partial charge in [0.15, 0.2) is 0 Å². The molecular weight excluding hydrogens is 455 g/mol. The molecule has 2 heterocycles. The number of carbonyl (C=O) groups is 1. The van der Waals surface area contributed by atoms with Crippen LogP contribution in [0.25, 0.3) is 11.1 Å². The van der Waals surface area contributed by atoms with E-state index in [-0.39, 0.29) is 19.9 Å². The van der Waals surface area contributed by atoms with E-state index in [1.807, 2.05) is 18.4 Å². The number of nitrogens with one attached hydrogen (secondary N) is 1. The van der Waals surface area contributed by atoms with Crippen molar-refractivity contribution in [2.75, 3.05) is 11.6 Å². The molecule has 1 amide bonds. The van der Waals surface area contributed by atoms with E-state index in [0.717, 1.165) is 20.5 Å². The summed E-state index contributed by atoms with van der Waals surface area (Å²) >= 11 is 5.85. The molecule has 0 saturated carbocycles. The first-order chi connectivity index (χ1) is 13.6. The van der Waals surface area contributed by atoms with Crippen LogP contribution in [0.2, 0.25) is 0 Å². The van der Waals surface area contributed by atoms with Crippen LogP contribution >= 0.6 is 24.4 Å². The molecule has 0 fully saturated rings. The molecule has 3 N–H and O–H groups in total. The molecule has 0 spiro atoms. The number of anilines is 2. The molecule has 5 nitrogen and oxygen atoms in total. The summed E-state index contributed by atoms with van der Waals surface area (Å²) in [5, 5.41) is 3.27. The first-order valence-corrected chi connectivity index (χ1v) is 11.9. The van der Waals surface area contributed by atoms with Gasteiger partial charge in [0.1, 0.15) is 0 Å². The number of benzene rings is 1. The summed E-state index contributed by atoms with van der Waals surface area (Å²) in [5.74, 6) is 0.104. The minimum atomic E-state index is -0.461. The van der Waals surface area contributed by atoms with E-state index in [0.29, 0.717) is 26.9 Å². The first-order valence-electron chi connectivity index (χ1n) is 9.02. The van der Waals surface area contributed by atoms with Crippen LogP contribution in [0.1, 0.15) is 35.8 Å². The van der Waals surface area contributed by atoms with Crippen LogP contribution in [0.5, 0.6) is 0 Å². The van der Waals surface area contributed by atoms with E-state index in [2.05, 4.69) is 48.7 Å². The Labute approximate surface area is 182 Å². The summed E-state index contributed by atoms with van der Waals surface area (Å²) in [4.78, 5) is 22.0. The van der Waals surface area contributed by atoms with E-state index in [4.69, 9.17) is 7.10 Å². The Bertz CT molecular complexity index is 1060. The van der Waals surface area contributed by atoms with Crippen LogP contribution in [-0.2, 0) is 5.41 Å². The van der Waals surface area contributed by atoms with Gasteiger partial charge in [0.05, 0.1) is 0 Å². The van der Waals surface area contributed by atoms with Gasteiger partial charge in [0.25, 0.3) is 0 Å². The van der Waals surface area contributed by atoms with Crippen molar-refractivity contribution in [1.82, 2.24) is 9.97 Å². The van der Waals surface area contributed by atoms with Gasteiger partial charge in [0, 0.05) is 0 Å². The van der Waals surface area contributed by atoms with Gasteiger partial charge in [-0.25, -0.2) is 0 Å². The number of aromatic nitrogens is 2. The molecular formula is C20H22N4OS2Se. The second-order valence-corrected chi connectivity index (χ2v) is 10.6. The van der Waals surface area contributed by atoms with Crippen molar-refractivity contribution in [3.05, 3.63) is 45.6 Å². The Morgan fingerprint density at radius 1 is 1.36 bits per heavy atom. The number of thioether (sulfide) groups is 1. The molecule has 0 atom stereocenters. The fourth-order valence-corrected chi connectivity index (χ4v) is 6.17. The molecule has 0 unspecified atom stereocenters. The molecule has 0 saturated heterocycles. The zero-order valence-corrected chi connectivity index (χ0v) is 19.5. The Morgan fingerprint density at radius 2 is 2.11 bits per heavy atom. The summed E-state index contributed by atoms with van der Waals surface area (Å²) in [6.07, 6.45) is 5.03. The molecule has 8 heteroatoms. The van der Waals surface area contributed by atoms with Crippen molar-refractivity contribution < 1.29 is 6.17 Å². The molecule has 146 valence electrons. The zero-order chi connectivity index (χ0) is 21.3. The van der Waals surface area contributed by atoms with E-state index in [9.17, 15) is 4.79 Å². The van der Waals surface area contributed by atoms with Gasteiger partial charge < -0.3 is 0 Å². The van der Waals surface area contributed by atoms with Gasteiger partial charge in [-0.1, -0.05) is 0 Å². The molecule has 28 heavy (non-hydrogen) atoms. The molecule has 3 aromatic rings. The van der Waals surface area contributed by atoms with Crippen LogP contribution < -0.4 is 11.1 Å². The van der Waals surface area contributed by atoms with Crippen molar-refractivity contribution in [1.29, 1.82) is 0 Å². The predicted octanol–water partition coefficient (Wildman–Crippen LogP) is 4.35. The third-order valence-electron chi connectivity index (χ3n) is 4.03. The Kier molecular flexibility index (Phi) is 5.83. The zero-order valence-electron chi connectivity index (χ0n) is 17.0. The summed E-state index contributed by atoms with van der Waals surface area (Å²) in [6.45, 7) is 6.33. The second-order valence-electron chi connectivity index (χ2n) is 7.13. The van der Waals surface area contributed by atoms with Crippen LogP contribution in [0.4, 0.5) is 11.5 Å². The Balaban J connectivity index is 2.34. The summed E-state index contributed by atoms with van der Waals surface area (Å²) in [6, 6.07) is 5.95. The summed E-state index contributed by atoms with van der Waals surface area (Å²) in [7, 11) is 0. The Hall–Kier alpha value is -1.73. The number of rotatable bonds is 5. The minimum absolute atomic E-state index is 0.202. The molecule has 0 aliphatic rings. The number of hydrogen-bond acceptors (Lipinski definition) is 6. The number of primary amides is 1. The van der Waals surface area contributed by atoms with E-state index in [1.165, 1.54) is 6.33 Å². The van der Waals surface area contributed by atoms with Crippen LogP contribution in [-0.4, -0.2) is 36.6 Å². The van der Waals surface area contributed by atoms with Crippen LogP contribution in [0.15, 0.2) is 46.6 Å².